The van der Waals surface area contributed by atoms with E-state index in [4.69, 9.17) is 0 Å². The molecule has 6 heteroatoms. The van der Waals surface area contributed by atoms with Crippen LogP contribution in [0, 0.1) is 17.8 Å². The van der Waals surface area contributed by atoms with Gasteiger partial charge in [0.15, 0.2) is 5.16 Å². The Balaban J connectivity index is 1.32. The molecule has 5 nitrogen and oxygen atoms in total. The second kappa shape index (κ2) is 7.20. The lowest BCUT2D eigenvalue weighted by Crippen LogP contribution is -2.40. The van der Waals surface area contributed by atoms with Crippen molar-refractivity contribution in [3.63, 3.8) is 0 Å². The first-order valence-corrected chi connectivity index (χ1v) is 10.1. The Hall–Kier alpha value is -1.82. The zero-order valence-corrected chi connectivity index (χ0v) is 15.3. The molecule has 132 valence electrons. The summed E-state index contributed by atoms with van der Waals surface area (Å²) in [6.07, 6.45) is 7.10. The molecular weight excluding hydrogens is 332 g/mol. The van der Waals surface area contributed by atoms with E-state index >= 15 is 0 Å². The van der Waals surface area contributed by atoms with Gasteiger partial charge in [0.05, 0.1) is 5.75 Å². The van der Waals surface area contributed by atoms with Gasteiger partial charge in [-0.2, -0.15) is 0 Å². The van der Waals surface area contributed by atoms with Gasteiger partial charge in [-0.15, -0.1) is 10.2 Å². The van der Waals surface area contributed by atoms with Crippen LogP contribution in [0.5, 0.6) is 0 Å². The van der Waals surface area contributed by atoms with Crippen molar-refractivity contribution in [2.45, 2.75) is 43.8 Å². The molecule has 0 radical (unpaired) electrons. The average Bonchev–Trinajstić information content (AvgIpc) is 3.37. The van der Waals surface area contributed by atoms with Gasteiger partial charge in [0.2, 0.25) is 5.91 Å². The van der Waals surface area contributed by atoms with Gasteiger partial charge in [0, 0.05) is 11.7 Å². The monoisotopic (exact) mass is 356 g/mol. The van der Waals surface area contributed by atoms with Gasteiger partial charge < -0.3 is 5.32 Å². The number of fused-ring (bicyclic) bond motifs is 2. The lowest BCUT2D eigenvalue weighted by molar-refractivity contribution is -0.119. The van der Waals surface area contributed by atoms with Crippen LogP contribution < -0.4 is 5.32 Å². The molecule has 1 N–H and O–H groups in total. The summed E-state index contributed by atoms with van der Waals surface area (Å²) >= 11 is 1.43. The minimum atomic E-state index is 0.0860. The molecule has 2 aliphatic carbocycles. The molecule has 0 unspecified atom stereocenters. The van der Waals surface area contributed by atoms with E-state index in [2.05, 4.69) is 22.4 Å². The third-order valence-electron chi connectivity index (χ3n) is 5.71. The van der Waals surface area contributed by atoms with Crippen LogP contribution in [0.2, 0.25) is 0 Å². The highest BCUT2D eigenvalue weighted by Gasteiger charge is 2.42. The lowest BCUT2D eigenvalue weighted by atomic mass is 9.84. The molecule has 1 aromatic heterocycles. The topological polar surface area (TPSA) is 59.8 Å². The first-order valence-electron chi connectivity index (χ1n) is 9.08. The molecule has 0 spiro atoms. The number of carbonyl (C=O) groups excluding carboxylic acids is 1. The van der Waals surface area contributed by atoms with Crippen LogP contribution in [0.25, 0.3) is 5.69 Å². The van der Waals surface area contributed by atoms with Crippen LogP contribution in [-0.2, 0) is 4.79 Å². The minimum Gasteiger partial charge on any atom is -0.353 e. The van der Waals surface area contributed by atoms with Crippen LogP contribution in [0.4, 0.5) is 0 Å². The van der Waals surface area contributed by atoms with E-state index in [1.54, 1.807) is 6.33 Å². The van der Waals surface area contributed by atoms with Crippen molar-refractivity contribution < 1.29 is 4.79 Å². The molecular formula is C19H24N4OS. The molecule has 2 aromatic rings. The molecule has 25 heavy (non-hydrogen) atoms. The zero-order valence-electron chi connectivity index (χ0n) is 14.5. The number of nitrogens with zero attached hydrogens (tertiary/aromatic N) is 3. The Morgan fingerprint density at radius 1 is 1.32 bits per heavy atom. The third kappa shape index (κ3) is 3.59. The molecule has 1 aromatic carbocycles. The van der Waals surface area contributed by atoms with Gasteiger partial charge in [-0.1, -0.05) is 36.4 Å². The maximum Gasteiger partial charge on any atom is 0.230 e. The Morgan fingerprint density at radius 3 is 2.88 bits per heavy atom. The summed E-state index contributed by atoms with van der Waals surface area (Å²) in [5.41, 5.74) is 1.01. The number of hydrogen-bond donors (Lipinski definition) is 1. The SMILES string of the molecule is C[C@H](NC(=O)CSc1nncn1-c1ccccc1)[C@H]1C[C@@H]2CC[C@@H]1C2. The van der Waals surface area contributed by atoms with Crippen LogP contribution >= 0.6 is 11.8 Å². The van der Waals surface area contributed by atoms with Crippen molar-refractivity contribution in [2.75, 3.05) is 5.75 Å². The predicted octanol–water partition coefficient (Wildman–Crippen LogP) is 3.30. The summed E-state index contributed by atoms with van der Waals surface area (Å²) < 4.78 is 1.91. The van der Waals surface area contributed by atoms with E-state index in [9.17, 15) is 4.79 Å². The molecule has 0 aliphatic heterocycles. The number of nitrogens with one attached hydrogen (secondary N) is 1. The third-order valence-corrected chi connectivity index (χ3v) is 6.65. The van der Waals surface area contributed by atoms with Crippen LogP contribution in [0.1, 0.15) is 32.6 Å². The lowest BCUT2D eigenvalue weighted by Gasteiger charge is -2.28. The normalized spacial score (nSPS) is 25.9. The summed E-state index contributed by atoms with van der Waals surface area (Å²) in [6, 6.07) is 10.2. The number of hydrogen-bond acceptors (Lipinski definition) is 4. The van der Waals surface area contributed by atoms with Gasteiger partial charge >= 0.3 is 0 Å². The van der Waals surface area contributed by atoms with E-state index in [-0.39, 0.29) is 11.9 Å². The van der Waals surface area contributed by atoms with Gasteiger partial charge in [-0.25, -0.2) is 0 Å². The highest BCUT2D eigenvalue weighted by atomic mass is 32.2. The fraction of sp³-hybridized carbons (Fsp3) is 0.526. The van der Waals surface area contributed by atoms with E-state index in [0.29, 0.717) is 11.7 Å². The van der Waals surface area contributed by atoms with Crippen LogP contribution in [0.3, 0.4) is 0 Å². The molecule has 2 aliphatic rings. The molecule has 4 rings (SSSR count). The van der Waals surface area contributed by atoms with Crippen LogP contribution in [-0.4, -0.2) is 32.5 Å². The first kappa shape index (κ1) is 16.6. The van der Waals surface area contributed by atoms with Crippen molar-refractivity contribution >= 4 is 17.7 Å². The van der Waals surface area contributed by atoms with Crippen molar-refractivity contribution in [3.05, 3.63) is 36.7 Å². The van der Waals surface area contributed by atoms with E-state index < -0.39 is 0 Å². The van der Waals surface area contributed by atoms with Gasteiger partial charge in [-0.3, -0.25) is 9.36 Å². The maximum atomic E-state index is 12.4. The second-order valence-electron chi connectivity index (χ2n) is 7.30. The Kier molecular flexibility index (Phi) is 4.79. The number of carbonyl (C=O) groups is 1. The van der Waals surface area contributed by atoms with E-state index in [1.165, 1.54) is 37.4 Å². The summed E-state index contributed by atoms with van der Waals surface area (Å²) in [7, 11) is 0. The highest BCUT2D eigenvalue weighted by Crippen LogP contribution is 2.49. The van der Waals surface area contributed by atoms with E-state index in [0.717, 1.165) is 22.7 Å². The summed E-state index contributed by atoms with van der Waals surface area (Å²) in [5, 5.41) is 12.1. The van der Waals surface area contributed by atoms with Crippen molar-refractivity contribution in [1.82, 2.24) is 20.1 Å². The summed E-state index contributed by atoms with van der Waals surface area (Å²) in [4.78, 5) is 12.4. The molecule has 2 bridgehead atoms. The zero-order chi connectivity index (χ0) is 17.2. The number of aromatic nitrogens is 3. The molecule has 2 fully saturated rings. The standard InChI is InChI=1S/C19H24N4OS/c1-13(17-10-14-7-8-15(17)9-14)21-18(24)11-25-19-22-20-12-23(19)16-5-3-2-4-6-16/h2-6,12-15,17H,7-11H2,1H3,(H,21,24)/t13-,14+,15+,17+/m0/s1. The molecule has 1 amide bonds. The number of benzene rings is 1. The fourth-order valence-electron chi connectivity index (χ4n) is 4.53. The molecule has 0 saturated heterocycles. The van der Waals surface area contributed by atoms with E-state index in [1.807, 2.05) is 34.9 Å². The maximum absolute atomic E-state index is 12.4. The largest absolute Gasteiger partial charge is 0.353 e. The van der Waals surface area contributed by atoms with Crippen molar-refractivity contribution in [3.8, 4) is 5.69 Å². The quantitative estimate of drug-likeness (QED) is 0.807. The fourth-order valence-corrected chi connectivity index (χ4v) is 5.27. The minimum absolute atomic E-state index is 0.0860. The average molecular weight is 356 g/mol. The Bertz CT molecular complexity index is 732. The molecule has 2 saturated carbocycles. The highest BCUT2D eigenvalue weighted by molar-refractivity contribution is 7.99. The molecule has 1 heterocycles. The van der Waals surface area contributed by atoms with Gasteiger partial charge in [-0.05, 0) is 56.1 Å². The first-order chi connectivity index (χ1) is 12.2. The predicted molar refractivity (Wildman–Crippen MR) is 98.6 cm³/mol. The van der Waals surface area contributed by atoms with Gasteiger partial charge in [0.25, 0.3) is 0 Å². The van der Waals surface area contributed by atoms with Crippen LogP contribution in [0.15, 0.2) is 41.8 Å². The Labute approximate surface area is 152 Å². The van der Waals surface area contributed by atoms with Gasteiger partial charge in [0.1, 0.15) is 6.33 Å². The number of thioether (sulfide) groups is 1. The van der Waals surface area contributed by atoms with Crippen molar-refractivity contribution in [2.24, 2.45) is 17.8 Å². The Morgan fingerprint density at radius 2 is 2.16 bits per heavy atom. The summed E-state index contributed by atoms with van der Waals surface area (Å²) in [5.74, 6) is 2.86. The number of para-hydroxylation sites is 1. The number of rotatable bonds is 6. The second-order valence-corrected chi connectivity index (χ2v) is 8.25. The number of amides is 1. The smallest absolute Gasteiger partial charge is 0.230 e. The summed E-state index contributed by atoms with van der Waals surface area (Å²) in [6.45, 7) is 2.17. The van der Waals surface area contributed by atoms with Crippen molar-refractivity contribution in [1.29, 1.82) is 0 Å². The molecule has 4 atom stereocenters.